The van der Waals surface area contributed by atoms with E-state index >= 15 is 0 Å². The van der Waals surface area contributed by atoms with E-state index in [1.165, 1.54) is 0 Å². The average Bonchev–Trinajstić information content (AvgIpc) is 3.32. The van der Waals surface area contributed by atoms with Crippen LogP contribution in [0.5, 0.6) is 5.75 Å². The van der Waals surface area contributed by atoms with Crippen molar-refractivity contribution >= 4 is 16.8 Å². The highest BCUT2D eigenvalue weighted by molar-refractivity contribution is 5.97. The Kier molecular flexibility index (Phi) is 5.87. The summed E-state index contributed by atoms with van der Waals surface area (Å²) >= 11 is 0. The van der Waals surface area contributed by atoms with Gasteiger partial charge in [0.25, 0.3) is 0 Å². The Bertz CT molecular complexity index is 1510. The Labute approximate surface area is 211 Å². The molecule has 0 spiro atoms. The molecule has 0 amide bonds. The molecule has 0 saturated carbocycles. The Morgan fingerprint density at radius 3 is 2.33 bits per heavy atom. The molecule has 4 aromatic rings. The van der Waals surface area contributed by atoms with Crippen LogP contribution in [0, 0.1) is 5.41 Å². The van der Waals surface area contributed by atoms with Crippen LogP contribution in [0.15, 0.2) is 66.7 Å². The number of hydrogen-bond acceptors (Lipinski definition) is 4. The van der Waals surface area contributed by atoms with E-state index in [4.69, 9.17) is 14.9 Å². The van der Waals surface area contributed by atoms with Gasteiger partial charge in [0.1, 0.15) is 5.75 Å². The number of aromatic nitrogens is 2. The first-order valence-corrected chi connectivity index (χ1v) is 12.3. The molecule has 0 bridgehead atoms. The first-order valence-electron chi connectivity index (χ1n) is 12.3. The lowest BCUT2D eigenvalue weighted by Crippen LogP contribution is -2.28. The van der Waals surface area contributed by atoms with Crippen LogP contribution in [-0.2, 0) is 28.8 Å². The molecule has 6 nitrogen and oxygen atoms in total. The average molecular weight is 484 g/mol. The molecule has 5 rings (SSSR count). The zero-order chi connectivity index (χ0) is 25.7. The molecule has 2 heterocycles. The molecule has 6 heteroatoms. The highest BCUT2D eigenvalue weighted by atomic mass is 16.5. The number of rotatable bonds is 7. The summed E-state index contributed by atoms with van der Waals surface area (Å²) in [7, 11) is 1.67. The van der Waals surface area contributed by atoms with Gasteiger partial charge in [0.15, 0.2) is 5.78 Å². The minimum atomic E-state index is -0.611. The number of nitrogens with zero attached hydrogens (tertiary/aromatic N) is 2. The number of benzene rings is 3. The van der Waals surface area contributed by atoms with E-state index in [-0.39, 0.29) is 17.7 Å². The number of para-hydroxylation sites is 2. The number of carbonyl (C=O) groups is 1. The number of ether oxygens (including phenoxy) is 2. The number of ketones is 1. The Hall–Kier alpha value is -3.64. The van der Waals surface area contributed by atoms with Gasteiger partial charge >= 0.3 is 0 Å². The van der Waals surface area contributed by atoms with Crippen LogP contribution in [0.2, 0.25) is 0 Å². The van der Waals surface area contributed by atoms with Crippen LogP contribution in [0.4, 0.5) is 0 Å². The highest BCUT2D eigenvalue weighted by Crippen LogP contribution is 2.45. The number of fused-ring (bicyclic) bond motifs is 2. The second-order valence-electron chi connectivity index (χ2n) is 10.7. The summed E-state index contributed by atoms with van der Waals surface area (Å²) in [5.74, 6) is 0.770. The second kappa shape index (κ2) is 8.79. The molecule has 1 N–H and O–H groups in total. The van der Waals surface area contributed by atoms with Gasteiger partial charge in [-0.15, -0.1) is 0 Å². The summed E-state index contributed by atoms with van der Waals surface area (Å²) in [6.45, 7) is 9.44. The molecule has 0 saturated heterocycles. The minimum absolute atomic E-state index is 0.0465. The summed E-state index contributed by atoms with van der Waals surface area (Å²) in [6, 6.07) is 21.9. The summed E-state index contributed by atoms with van der Waals surface area (Å²) in [5, 5.41) is 8.97. The van der Waals surface area contributed by atoms with E-state index in [0.717, 1.165) is 33.5 Å². The van der Waals surface area contributed by atoms with Crippen molar-refractivity contribution in [2.24, 2.45) is 0 Å². The molecule has 186 valence electrons. The van der Waals surface area contributed by atoms with Crippen molar-refractivity contribution in [3.05, 3.63) is 94.6 Å². The first kappa shape index (κ1) is 24.1. The molecular formula is C30H33N3O3. The van der Waals surface area contributed by atoms with E-state index in [0.29, 0.717) is 24.3 Å². The standard InChI is InChI=1S/C30H33N3O3/c1-29(2)19-36-27-22(29)15-21(16-23(27)30(3,4)35-5)26(34)18-33-25-14-10-9-13-24(25)32(28(33)31)17-20-11-7-6-8-12-20/h6-16,31H,17-19H2,1-5H3. The lowest BCUT2D eigenvalue weighted by atomic mass is 9.82. The van der Waals surface area contributed by atoms with E-state index < -0.39 is 5.60 Å². The smallest absolute Gasteiger partial charge is 0.203 e. The fraction of sp³-hybridized carbons (Fsp3) is 0.333. The lowest BCUT2D eigenvalue weighted by molar-refractivity contribution is 0.0171. The van der Waals surface area contributed by atoms with Gasteiger partial charge in [0.05, 0.1) is 36.3 Å². The minimum Gasteiger partial charge on any atom is -0.492 e. The fourth-order valence-corrected chi connectivity index (χ4v) is 4.95. The molecule has 1 aliphatic rings. The van der Waals surface area contributed by atoms with Crippen molar-refractivity contribution in [1.29, 1.82) is 5.41 Å². The van der Waals surface area contributed by atoms with Crippen LogP contribution in [0.3, 0.4) is 0 Å². The summed E-state index contributed by atoms with van der Waals surface area (Å²) in [5.41, 5.74) is 4.91. The van der Waals surface area contributed by atoms with E-state index in [2.05, 4.69) is 26.0 Å². The van der Waals surface area contributed by atoms with Crippen LogP contribution in [0.25, 0.3) is 11.0 Å². The van der Waals surface area contributed by atoms with Gasteiger partial charge in [-0.05, 0) is 43.7 Å². The molecule has 1 aromatic heterocycles. The quantitative estimate of drug-likeness (QED) is 0.358. The highest BCUT2D eigenvalue weighted by Gasteiger charge is 2.38. The predicted molar refractivity (Wildman–Crippen MR) is 141 cm³/mol. The monoisotopic (exact) mass is 483 g/mol. The van der Waals surface area contributed by atoms with Crippen molar-refractivity contribution < 1.29 is 14.3 Å². The van der Waals surface area contributed by atoms with Crippen molar-refractivity contribution in [1.82, 2.24) is 9.13 Å². The lowest BCUT2D eigenvalue weighted by Gasteiger charge is -2.26. The van der Waals surface area contributed by atoms with Gasteiger partial charge in [0.2, 0.25) is 5.62 Å². The molecule has 36 heavy (non-hydrogen) atoms. The van der Waals surface area contributed by atoms with E-state index in [9.17, 15) is 4.79 Å². The van der Waals surface area contributed by atoms with E-state index in [1.807, 2.05) is 73.0 Å². The molecule has 0 atom stereocenters. The van der Waals surface area contributed by atoms with Crippen LogP contribution in [-0.4, -0.2) is 28.6 Å². The van der Waals surface area contributed by atoms with Crippen molar-refractivity contribution in [2.45, 2.75) is 51.8 Å². The normalized spacial score (nSPS) is 14.6. The Morgan fingerprint density at radius 1 is 1.03 bits per heavy atom. The molecule has 0 radical (unpaired) electrons. The first-order chi connectivity index (χ1) is 17.1. The van der Waals surface area contributed by atoms with Gasteiger partial charge in [-0.25, -0.2) is 0 Å². The number of carbonyl (C=O) groups excluding carboxylic acids is 1. The Morgan fingerprint density at radius 2 is 1.67 bits per heavy atom. The number of hydrogen-bond donors (Lipinski definition) is 1. The number of methoxy groups -OCH3 is 1. The largest absolute Gasteiger partial charge is 0.492 e. The predicted octanol–water partition coefficient (Wildman–Crippen LogP) is 5.40. The van der Waals surface area contributed by atoms with Crippen LogP contribution < -0.4 is 10.4 Å². The molecular weight excluding hydrogens is 450 g/mol. The zero-order valence-corrected chi connectivity index (χ0v) is 21.6. The van der Waals surface area contributed by atoms with Gasteiger partial charge in [-0.1, -0.05) is 56.3 Å². The maximum Gasteiger partial charge on any atom is 0.203 e. The Balaban J connectivity index is 1.58. The van der Waals surface area contributed by atoms with Gasteiger partial charge in [-0.2, -0.15) is 0 Å². The number of imidazole rings is 1. The van der Waals surface area contributed by atoms with Crippen LogP contribution in [0.1, 0.15) is 54.7 Å². The zero-order valence-electron chi connectivity index (χ0n) is 21.6. The van der Waals surface area contributed by atoms with Crippen molar-refractivity contribution in [3.63, 3.8) is 0 Å². The molecule has 1 aliphatic heterocycles. The molecule has 0 fully saturated rings. The van der Waals surface area contributed by atoms with Crippen molar-refractivity contribution in [3.8, 4) is 5.75 Å². The third-order valence-electron chi connectivity index (χ3n) is 7.34. The summed E-state index contributed by atoms with van der Waals surface area (Å²) < 4.78 is 15.6. The number of Topliss-reactive ketones (excluding diaryl/α,β-unsaturated/α-hetero) is 1. The van der Waals surface area contributed by atoms with Crippen LogP contribution >= 0.6 is 0 Å². The maximum absolute atomic E-state index is 13.8. The fourth-order valence-electron chi connectivity index (χ4n) is 4.95. The van der Waals surface area contributed by atoms with Crippen molar-refractivity contribution in [2.75, 3.05) is 13.7 Å². The summed E-state index contributed by atoms with van der Waals surface area (Å²) in [4.78, 5) is 13.8. The van der Waals surface area contributed by atoms with E-state index in [1.54, 1.807) is 11.7 Å². The van der Waals surface area contributed by atoms with Gasteiger partial charge in [0, 0.05) is 29.2 Å². The maximum atomic E-state index is 13.8. The molecule has 3 aromatic carbocycles. The summed E-state index contributed by atoms with van der Waals surface area (Å²) in [6.07, 6.45) is 0. The van der Waals surface area contributed by atoms with Gasteiger partial charge < -0.3 is 18.6 Å². The third-order valence-corrected chi connectivity index (χ3v) is 7.34. The number of nitrogens with one attached hydrogen (secondary N) is 1. The molecule has 0 unspecified atom stereocenters. The SMILES string of the molecule is COC(C)(C)c1cc(C(=O)Cn2c(=N)n(Cc3ccccc3)c3ccccc32)cc2c1OCC2(C)C. The third kappa shape index (κ3) is 4.05. The molecule has 0 aliphatic carbocycles. The second-order valence-corrected chi connectivity index (χ2v) is 10.7. The topological polar surface area (TPSA) is 69.2 Å². The van der Waals surface area contributed by atoms with Gasteiger partial charge in [-0.3, -0.25) is 10.2 Å².